The van der Waals surface area contributed by atoms with E-state index in [-0.39, 0.29) is 5.82 Å². The van der Waals surface area contributed by atoms with Gasteiger partial charge in [0.25, 0.3) is 0 Å². The average molecular weight is 281 g/mol. The normalized spacial score (nSPS) is 11.5. The number of ether oxygens (including phenoxy) is 1. The molecule has 0 spiro atoms. The van der Waals surface area contributed by atoms with Gasteiger partial charge in [0.15, 0.2) is 5.96 Å². The van der Waals surface area contributed by atoms with E-state index >= 15 is 0 Å². The Morgan fingerprint density at radius 3 is 2.65 bits per heavy atom. The van der Waals surface area contributed by atoms with Crippen LogP contribution in [0.1, 0.15) is 18.9 Å². The van der Waals surface area contributed by atoms with Crippen molar-refractivity contribution in [3.8, 4) is 0 Å². The number of guanidine groups is 1. The first kappa shape index (κ1) is 16.4. The van der Waals surface area contributed by atoms with E-state index in [9.17, 15) is 4.39 Å². The summed E-state index contributed by atoms with van der Waals surface area (Å²) in [5.74, 6) is 0.612. The van der Waals surface area contributed by atoms with E-state index in [1.165, 1.54) is 12.1 Å². The first-order valence-corrected chi connectivity index (χ1v) is 6.91. The number of halogens is 1. The van der Waals surface area contributed by atoms with E-state index in [2.05, 4.69) is 10.3 Å². The lowest BCUT2D eigenvalue weighted by Crippen LogP contribution is -2.39. The Morgan fingerprint density at radius 2 is 2.05 bits per heavy atom. The van der Waals surface area contributed by atoms with Gasteiger partial charge in [0.1, 0.15) is 5.82 Å². The van der Waals surface area contributed by atoms with Crippen LogP contribution in [0.25, 0.3) is 0 Å². The van der Waals surface area contributed by atoms with Crippen molar-refractivity contribution in [1.82, 2.24) is 10.2 Å². The molecule has 4 nitrogen and oxygen atoms in total. The van der Waals surface area contributed by atoms with Crippen LogP contribution in [0.5, 0.6) is 0 Å². The Bertz CT molecular complexity index is 406. The fourth-order valence-electron chi connectivity index (χ4n) is 1.84. The Morgan fingerprint density at radius 1 is 1.35 bits per heavy atom. The number of nitrogens with one attached hydrogen (secondary N) is 1. The topological polar surface area (TPSA) is 36.9 Å². The summed E-state index contributed by atoms with van der Waals surface area (Å²) in [6, 6.07) is 6.52. The van der Waals surface area contributed by atoms with Crippen LogP contribution in [0.3, 0.4) is 0 Å². The molecule has 0 aliphatic carbocycles. The SMILES string of the molecule is CCOCCCNC(=NC)N(C)Cc1ccc(F)cc1. The smallest absolute Gasteiger partial charge is 0.193 e. The van der Waals surface area contributed by atoms with Gasteiger partial charge in [-0.05, 0) is 31.0 Å². The second-order valence-electron chi connectivity index (χ2n) is 4.51. The van der Waals surface area contributed by atoms with Gasteiger partial charge in [-0.3, -0.25) is 4.99 Å². The molecule has 0 saturated carbocycles. The molecule has 0 bridgehead atoms. The van der Waals surface area contributed by atoms with Crippen LogP contribution in [0.15, 0.2) is 29.3 Å². The average Bonchev–Trinajstić information content (AvgIpc) is 2.45. The molecule has 0 aliphatic heterocycles. The molecule has 5 heteroatoms. The number of hydrogen-bond acceptors (Lipinski definition) is 2. The van der Waals surface area contributed by atoms with Gasteiger partial charge in [-0.2, -0.15) is 0 Å². The second-order valence-corrected chi connectivity index (χ2v) is 4.51. The van der Waals surface area contributed by atoms with Gasteiger partial charge in [-0.25, -0.2) is 4.39 Å². The molecular weight excluding hydrogens is 257 g/mol. The van der Waals surface area contributed by atoms with Gasteiger partial charge in [-0.1, -0.05) is 12.1 Å². The summed E-state index contributed by atoms with van der Waals surface area (Å²) in [4.78, 5) is 6.24. The molecule has 0 fully saturated rings. The van der Waals surface area contributed by atoms with Crippen LogP contribution in [0, 0.1) is 5.82 Å². The Hall–Kier alpha value is -1.62. The predicted molar refractivity (Wildman–Crippen MR) is 80.3 cm³/mol. The molecular formula is C15H24FN3O. The largest absolute Gasteiger partial charge is 0.382 e. The van der Waals surface area contributed by atoms with E-state index < -0.39 is 0 Å². The number of rotatable bonds is 7. The second kappa shape index (κ2) is 9.31. The summed E-state index contributed by atoms with van der Waals surface area (Å²) >= 11 is 0. The number of hydrogen-bond donors (Lipinski definition) is 1. The Labute approximate surface area is 120 Å². The van der Waals surface area contributed by atoms with Gasteiger partial charge in [0.05, 0.1) is 0 Å². The maximum atomic E-state index is 12.9. The highest BCUT2D eigenvalue weighted by Crippen LogP contribution is 2.05. The van der Waals surface area contributed by atoms with Gasteiger partial charge in [-0.15, -0.1) is 0 Å². The molecule has 0 aromatic heterocycles. The minimum Gasteiger partial charge on any atom is -0.382 e. The molecule has 0 saturated heterocycles. The molecule has 0 amide bonds. The standard InChI is InChI=1S/C15H24FN3O/c1-4-20-11-5-10-18-15(17-2)19(3)12-13-6-8-14(16)9-7-13/h6-9H,4-5,10-12H2,1-3H3,(H,17,18). The lowest BCUT2D eigenvalue weighted by Gasteiger charge is -2.22. The lowest BCUT2D eigenvalue weighted by molar-refractivity contribution is 0.145. The van der Waals surface area contributed by atoms with Crippen LogP contribution >= 0.6 is 0 Å². The van der Waals surface area contributed by atoms with Crippen molar-refractivity contribution in [2.75, 3.05) is 33.9 Å². The van der Waals surface area contributed by atoms with E-state index in [1.54, 1.807) is 19.2 Å². The van der Waals surface area contributed by atoms with Crippen LogP contribution in [0.4, 0.5) is 4.39 Å². The molecule has 1 aromatic carbocycles. The molecule has 0 aliphatic rings. The van der Waals surface area contributed by atoms with Crippen LogP contribution in [-0.4, -0.2) is 44.7 Å². The minimum atomic E-state index is -0.213. The quantitative estimate of drug-likeness (QED) is 0.473. The lowest BCUT2D eigenvalue weighted by atomic mass is 10.2. The van der Waals surface area contributed by atoms with Gasteiger partial charge < -0.3 is 15.0 Å². The predicted octanol–water partition coefficient (Wildman–Crippen LogP) is 2.26. The molecule has 1 aromatic rings. The molecule has 1 N–H and O–H groups in total. The minimum absolute atomic E-state index is 0.213. The molecule has 0 radical (unpaired) electrons. The Balaban J connectivity index is 2.38. The van der Waals surface area contributed by atoms with Crippen LogP contribution < -0.4 is 5.32 Å². The van der Waals surface area contributed by atoms with Crippen molar-refractivity contribution in [3.05, 3.63) is 35.6 Å². The van der Waals surface area contributed by atoms with E-state index in [0.717, 1.165) is 37.7 Å². The van der Waals surface area contributed by atoms with Gasteiger partial charge in [0.2, 0.25) is 0 Å². The van der Waals surface area contributed by atoms with Crippen molar-refractivity contribution in [2.45, 2.75) is 19.9 Å². The summed E-state index contributed by atoms with van der Waals surface area (Å²) < 4.78 is 18.1. The third kappa shape index (κ3) is 6.02. The zero-order valence-electron chi connectivity index (χ0n) is 12.5. The van der Waals surface area contributed by atoms with Crippen molar-refractivity contribution in [3.63, 3.8) is 0 Å². The molecule has 20 heavy (non-hydrogen) atoms. The van der Waals surface area contributed by atoms with Crippen molar-refractivity contribution >= 4 is 5.96 Å². The Kier molecular flexibility index (Phi) is 7.65. The fraction of sp³-hybridized carbons (Fsp3) is 0.533. The highest BCUT2D eigenvalue weighted by Gasteiger charge is 2.06. The monoisotopic (exact) mass is 281 g/mol. The maximum absolute atomic E-state index is 12.9. The summed E-state index contributed by atoms with van der Waals surface area (Å²) in [5.41, 5.74) is 1.05. The molecule has 112 valence electrons. The number of aliphatic imine (C=N–C) groups is 1. The maximum Gasteiger partial charge on any atom is 0.193 e. The first-order valence-electron chi connectivity index (χ1n) is 6.91. The van der Waals surface area contributed by atoms with Crippen molar-refractivity contribution in [1.29, 1.82) is 0 Å². The third-order valence-corrected chi connectivity index (χ3v) is 2.86. The van der Waals surface area contributed by atoms with E-state index in [0.29, 0.717) is 6.54 Å². The summed E-state index contributed by atoms with van der Waals surface area (Å²) in [7, 11) is 3.72. The highest BCUT2D eigenvalue weighted by atomic mass is 19.1. The van der Waals surface area contributed by atoms with Crippen molar-refractivity contribution < 1.29 is 9.13 Å². The van der Waals surface area contributed by atoms with E-state index in [4.69, 9.17) is 4.74 Å². The van der Waals surface area contributed by atoms with E-state index in [1.807, 2.05) is 18.9 Å². The number of benzene rings is 1. The first-order chi connectivity index (χ1) is 9.67. The number of nitrogens with zero attached hydrogens (tertiary/aromatic N) is 2. The molecule has 1 rings (SSSR count). The van der Waals surface area contributed by atoms with Gasteiger partial charge >= 0.3 is 0 Å². The third-order valence-electron chi connectivity index (χ3n) is 2.86. The molecule has 0 heterocycles. The van der Waals surface area contributed by atoms with Crippen LogP contribution in [-0.2, 0) is 11.3 Å². The van der Waals surface area contributed by atoms with Crippen LogP contribution in [0.2, 0.25) is 0 Å². The van der Waals surface area contributed by atoms with Gasteiger partial charge in [0, 0.05) is 40.4 Å². The highest BCUT2D eigenvalue weighted by molar-refractivity contribution is 5.79. The summed E-state index contributed by atoms with van der Waals surface area (Å²) in [6.07, 6.45) is 0.942. The summed E-state index contributed by atoms with van der Waals surface area (Å²) in [6.45, 7) is 5.00. The molecule has 0 atom stereocenters. The summed E-state index contributed by atoms with van der Waals surface area (Å²) in [5, 5.41) is 3.28. The van der Waals surface area contributed by atoms with Crippen molar-refractivity contribution in [2.24, 2.45) is 4.99 Å². The molecule has 0 unspecified atom stereocenters. The zero-order valence-corrected chi connectivity index (χ0v) is 12.5. The zero-order chi connectivity index (χ0) is 14.8. The fourth-order valence-corrected chi connectivity index (χ4v) is 1.84.